The van der Waals surface area contributed by atoms with Crippen LogP contribution in [0.4, 0.5) is 20.3 Å². The maximum atomic E-state index is 14.6. The van der Waals surface area contributed by atoms with Crippen LogP contribution in [0.1, 0.15) is 32.6 Å². The first-order valence-corrected chi connectivity index (χ1v) is 14.2. The predicted molar refractivity (Wildman–Crippen MR) is 153 cm³/mol. The Labute approximate surface area is 233 Å². The maximum absolute atomic E-state index is 14.6. The first-order chi connectivity index (χ1) is 19.5. The number of nitrogens with zero attached hydrogens (tertiary/aromatic N) is 6. The van der Waals surface area contributed by atoms with E-state index in [9.17, 15) is 13.6 Å². The van der Waals surface area contributed by atoms with Gasteiger partial charge in [-0.2, -0.15) is 0 Å². The van der Waals surface area contributed by atoms with Crippen LogP contribution >= 0.6 is 0 Å². The van der Waals surface area contributed by atoms with Crippen molar-refractivity contribution in [2.24, 2.45) is 0 Å². The van der Waals surface area contributed by atoms with Gasteiger partial charge in [0.1, 0.15) is 29.6 Å². The number of alkyl halides is 1. The first-order valence-electron chi connectivity index (χ1n) is 14.2. The molecular weight excluding hydrogens is 512 g/mol. The molecule has 1 aromatic carbocycles. The second-order valence-electron chi connectivity index (χ2n) is 10.7. The third-order valence-corrected chi connectivity index (χ3v) is 8.08. The van der Waals surface area contributed by atoms with Crippen molar-refractivity contribution in [3.05, 3.63) is 66.5 Å². The van der Waals surface area contributed by atoms with Gasteiger partial charge < -0.3 is 20.0 Å². The number of benzene rings is 1. The number of hydrogen-bond acceptors (Lipinski definition) is 6. The zero-order valence-electron chi connectivity index (χ0n) is 22.8. The Bertz CT molecular complexity index is 1420. The summed E-state index contributed by atoms with van der Waals surface area (Å²) in [6.45, 7) is 5.96. The molecule has 2 aliphatic heterocycles. The average Bonchev–Trinajstić information content (AvgIpc) is 3.61. The van der Waals surface area contributed by atoms with Gasteiger partial charge in [0, 0.05) is 69.3 Å². The minimum absolute atomic E-state index is 0.0336. The van der Waals surface area contributed by atoms with Crippen LogP contribution in [-0.4, -0.2) is 81.6 Å². The van der Waals surface area contributed by atoms with Crippen LogP contribution in [0.25, 0.3) is 16.9 Å². The molecule has 2 fully saturated rings. The molecule has 8 nitrogen and oxygen atoms in total. The lowest BCUT2D eigenvalue weighted by molar-refractivity contribution is -0.133. The Morgan fingerprint density at radius 1 is 1.05 bits per heavy atom. The molecule has 6 rings (SSSR count). The van der Waals surface area contributed by atoms with E-state index in [0.29, 0.717) is 37.5 Å². The molecule has 0 bridgehead atoms. The Kier molecular flexibility index (Phi) is 7.40. The second-order valence-corrected chi connectivity index (χ2v) is 10.7. The predicted octanol–water partition coefficient (Wildman–Crippen LogP) is 4.81. The lowest BCUT2D eigenvalue weighted by atomic mass is 10.1. The monoisotopic (exact) mass is 547 g/mol. The molecule has 1 aliphatic carbocycles. The number of imidazole rings is 1. The Balaban J connectivity index is 1.17. The number of anilines is 2. The summed E-state index contributed by atoms with van der Waals surface area (Å²) in [5.74, 6) is 0.422. The molecule has 0 saturated carbocycles. The Hall–Kier alpha value is -3.95. The van der Waals surface area contributed by atoms with Crippen LogP contribution in [0, 0.1) is 0 Å². The maximum Gasteiger partial charge on any atom is 0.244 e. The zero-order chi connectivity index (χ0) is 27.6. The molecule has 210 valence electrons. The Morgan fingerprint density at radius 2 is 1.80 bits per heavy atom. The standard InChI is InChI=1S/C30H35F2N7O/c1-21(30(40)38-18-16-37(17-19-38)26-11-7-23(31)6-10-25(26)32)34-29-28(35-27-20-33-12-15-39(27)29)22-4-8-24(9-5-22)36-13-2-3-14-36/h4-5,7-9,11-12,15,20-21,23,34H,2-3,6,10,13-14,16-19H2,1H3. The lowest BCUT2D eigenvalue weighted by Crippen LogP contribution is -2.51. The number of allylic oxidation sites excluding steroid dienone is 3. The van der Waals surface area contributed by atoms with E-state index in [0.717, 1.165) is 30.2 Å². The van der Waals surface area contributed by atoms with Crippen molar-refractivity contribution in [3.63, 3.8) is 0 Å². The smallest absolute Gasteiger partial charge is 0.244 e. The number of halogens is 2. The SMILES string of the molecule is CC(Nc1c(-c2ccc(N3CCCC3)cc2)nc2cnccn12)C(=O)N1CCN(C2=C(F)CCC(F)C=C2)CC1. The van der Waals surface area contributed by atoms with E-state index < -0.39 is 12.2 Å². The summed E-state index contributed by atoms with van der Waals surface area (Å²) in [6, 6.07) is 7.93. The van der Waals surface area contributed by atoms with Gasteiger partial charge in [-0.1, -0.05) is 12.1 Å². The molecule has 40 heavy (non-hydrogen) atoms. The molecule has 2 unspecified atom stereocenters. The van der Waals surface area contributed by atoms with E-state index in [1.165, 1.54) is 24.6 Å². The van der Waals surface area contributed by atoms with Crippen molar-refractivity contribution in [2.45, 2.75) is 44.8 Å². The summed E-state index contributed by atoms with van der Waals surface area (Å²) >= 11 is 0. The van der Waals surface area contributed by atoms with Crippen molar-refractivity contribution in [2.75, 3.05) is 49.5 Å². The van der Waals surface area contributed by atoms with Gasteiger partial charge in [0.25, 0.3) is 0 Å². The molecule has 1 N–H and O–H groups in total. The fourth-order valence-corrected chi connectivity index (χ4v) is 5.81. The van der Waals surface area contributed by atoms with Crippen molar-refractivity contribution in [1.29, 1.82) is 0 Å². The lowest BCUT2D eigenvalue weighted by Gasteiger charge is -2.37. The van der Waals surface area contributed by atoms with E-state index >= 15 is 0 Å². The van der Waals surface area contributed by atoms with Gasteiger partial charge in [0.15, 0.2) is 5.65 Å². The van der Waals surface area contributed by atoms with E-state index in [-0.39, 0.29) is 24.6 Å². The number of amides is 1. The number of rotatable bonds is 6. The molecule has 3 aliphatic rings. The number of fused-ring (bicyclic) bond motifs is 1. The molecular formula is C30H35F2N7O. The van der Waals surface area contributed by atoms with Gasteiger partial charge in [0.2, 0.25) is 5.91 Å². The molecule has 1 amide bonds. The van der Waals surface area contributed by atoms with Crippen LogP contribution in [0.5, 0.6) is 0 Å². The second kappa shape index (κ2) is 11.3. The molecule has 2 saturated heterocycles. The summed E-state index contributed by atoms with van der Waals surface area (Å²) in [5.41, 5.74) is 4.07. The number of piperazine rings is 1. The van der Waals surface area contributed by atoms with E-state index in [2.05, 4.69) is 39.5 Å². The third kappa shape index (κ3) is 5.26. The van der Waals surface area contributed by atoms with Gasteiger partial charge in [-0.15, -0.1) is 0 Å². The van der Waals surface area contributed by atoms with Gasteiger partial charge in [-0.25, -0.2) is 13.8 Å². The topological polar surface area (TPSA) is 69.0 Å². The molecule has 10 heteroatoms. The zero-order valence-corrected chi connectivity index (χ0v) is 22.8. The molecule has 2 atom stereocenters. The summed E-state index contributed by atoms with van der Waals surface area (Å²) in [7, 11) is 0. The molecule has 0 spiro atoms. The highest BCUT2D eigenvalue weighted by Crippen LogP contribution is 2.32. The number of nitrogens with one attached hydrogen (secondary N) is 1. The normalized spacial score (nSPS) is 20.8. The fourth-order valence-electron chi connectivity index (χ4n) is 5.81. The van der Waals surface area contributed by atoms with E-state index in [1.807, 2.05) is 22.4 Å². The molecule has 3 aromatic rings. The average molecular weight is 548 g/mol. The summed E-state index contributed by atoms with van der Waals surface area (Å²) in [5, 5.41) is 3.43. The first kappa shape index (κ1) is 26.3. The third-order valence-electron chi connectivity index (χ3n) is 8.08. The summed E-state index contributed by atoms with van der Waals surface area (Å²) in [4.78, 5) is 28.7. The van der Waals surface area contributed by atoms with Crippen molar-refractivity contribution < 1.29 is 13.6 Å². The minimum atomic E-state index is -1.12. The highest BCUT2D eigenvalue weighted by molar-refractivity contribution is 5.86. The van der Waals surface area contributed by atoms with Crippen LogP contribution in [-0.2, 0) is 4.79 Å². The number of carbonyl (C=O) groups is 1. The molecule has 4 heterocycles. The van der Waals surface area contributed by atoms with Gasteiger partial charge in [-0.05, 0) is 50.5 Å². The number of carbonyl (C=O) groups excluding carboxylic acids is 1. The fraction of sp³-hybridized carbons (Fsp3) is 0.433. The number of hydrogen-bond donors (Lipinski definition) is 1. The molecule has 0 radical (unpaired) electrons. The van der Waals surface area contributed by atoms with Crippen LogP contribution in [0.3, 0.4) is 0 Å². The van der Waals surface area contributed by atoms with Crippen LogP contribution < -0.4 is 10.2 Å². The minimum Gasteiger partial charge on any atom is -0.372 e. The van der Waals surface area contributed by atoms with E-state index in [1.54, 1.807) is 23.4 Å². The van der Waals surface area contributed by atoms with Crippen molar-refractivity contribution in [1.82, 2.24) is 24.2 Å². The largest absolute Gasteiger partial charge is 0.372 e. The van der Waals surface area contributed by atoms with Gasteiger partial charge in [0.05, 0.1) is 11.9 Å². The molecule has 2 aromatic heterocycles. The van der Waals surface area contributed by atoms with Crippen LogP contribution in [0.2, 0.25) is 0 Å². The summed E-state index contributed by atoms with van der Waals surface area (Å²) < 4.78 is 30.2. The Morgan fingerprint density at radius 3 is 2.55 bits per heavy atom. The van der Waals surface area contributed by atoms with Gasteiger partial charge in [-0.3, -0.25) is 14.2 Å². The highest BCUT2D eigenvalue weighted by Gasteiger charge is 2.28. The quantitative estimate of drug-likeness (QED) is 0.478. The summed E-state index contributed by atoms with van der Waals surface area (Å²) in [6.07, 6.45) is 9.81. The van der Waals surface area contributed by atoms with E-state index in [4.69, 9.17) is 4.98 Å². The van der Waals surface area contributed by atoms with Gasteiger partial charge >= 0.3 is 0 Å². The van der Waals surface area contributed by atoms with Crippen molar-refractivity contribution in [3.8, 4) is 11.3 Å². The van der Waals surface area contributed by atoms with Crippen LogP contribution in [0.15, 0.2) is 66.5 Å². The van der Waals surface area contributed by atoms with Crippen molar-refractivity contribution >= 4 is 23.1 Å². The highest BCUT2D eigenvalue weighted by atomic mass is 19.1. The number of aromatic nitrogens is 3.